The van der Waals surface area contributed by atoms with Gasteiger partial charge in [0.25, 0.3) is 0 Å². The smallest absolute Gasteiger partial charge is 0.164 e. The summed E-state index contributed by atoms with van der Waals surface area (Å²) in [5.74, 6) is -1.01. The van der Waals surface area contributed by atoms with Gasteiger partial charge in [0.2, 0.25) is 0 Å². The summed E-state index contributed by atoms with van der Waals surface area (Å²) in [7, 11) is 4.20. The molecule has 3 rings (SSSR count). The zero-order valence-electron chi connectivity index (χ0n) is 22.9. The van der Waals surface area contributed by atoms with Crippen molar-refractivity contribution in [2.75, 3.05) is 27.9 Å². The Hall–Kier alpha value is -1.96. The first-order chi connectivity index (χ1) is 18.4. The molecule has 1 fully saturated rings. The van der Waals surface area contributed by atoms with Gasteiger partial charge in [0, 0.05) is 0 Å². The topological polar surface area (TPSA) is 92.3 Å². The molecule has 2 aromatic carbocycles. The van der Waals surface area contributed by atoms with Gasteiger partial charge in [-0.1, -0.05) is 60.7 Å². The van der Waals surface area contributed by atoms with Gasteiger partial charge in [0.1, 0.15) is 24.9 Å². The molecule has 6 atom stereocenters. The zero-order valence-corrected chi connectivity index (χ0v) is 22.9. The van der Waals surface area contributed by atoms with Gasteiger partial charge in [0.05, 0.1) is 40.6 Å². The van der Waals surface area contributed by atoms with Gasteiger partial charge in [0.15, 0.2) is 18.0 Å². The Morgan fingerprint density at radius 3 is 1.92 bits per heavy atom. The minimum Gasteiger partial charge on any atom is -0.371 e. The molecule has 0 radical (unpaired) electrons. The lowest BCUT2D eigenvalue weighted by atomic mass is 9.94. The molecule has 1 aliphatic heterocycles. The molecule has 38 heavy (non-hydrogen) atoms. The number of rotatable bonds is 16. The minimum absolute atomic E-state index is 0.0321. The maximum atomic E-state index is 6.49. The molecule has 10 heteroatoms. The standard InChI is InChI=1S/C28H40O10/c1-20(32-17-21-13-9-7-10-14-21)24-26(33-18-22-15-11-8-12-16-22)27(36-28(2,3)35-24)25(38-31-6)23(37-30-5)19-34-29-4/h7-16,20,23-27H,17-19H2,1-6H3/t20?,23-,24-,25+,26-,27+/m1/s1. The van der Waals surface area contributed by atoms with Crippen molar-refractivity contribution < 1.29 is 48.3 Å². The monoisotopic (exact) mass is 536 g/mol. The van der Waals surface area contributed by atoms with E-state index >= 15 is 0 Å². The normalized spacial score (nSPS) is 23.6. The molecular formula is C28H40O10. The number of ether oxygens (including phenoxy) is 4. The first kappa shape index (κ1) is 30.6. The maximum absolute atomic E-state index is 6.49. The third-order valence-corrected chi connectivity index (χ3v) is 6.06. The van der Waals surface area contributed by atoms with Crippen molar-refractivity contribution in [3.05, 3.63) is 71.8 Å². The summed E-state index contributed by atoms with van der Waals surface area (Å²) in [6.07, 6.45) is -3.96. The van der Waals surface area contributed by atoms with Gasteiger partial charge >= 0.3 is 0 Å². The number of hydrogen-bond acceptors (Lipinski definition) is 10. The van der Waals surface area contributed by atoms with E-state index in [0.29, 0.717) is 13.2 Å². The van der Waals surface area contributed by atoms with Crippen LogP contribution in [0.15, 0.2) is 60.7 Å². The van der Waals surface area contributed by atoms with Gasteiger partial charge in [-0.15, -0.1) is 0 Å². The predicted octanol–water partition coefficient (Wildman–Crippen LogP) is 4.17. The number of benzene rings is 2. The van der Waals surface area contributed by atoms with E-state index in [0.717, 1.165) is 11.1 Å². The van der Waals surface area contributed by atoms with Crippen LogP contribution in [0.3, 0.4) is 0 Å². The molecule has 1 saturated heterocycles. The Bertz CT molecular complexity index is 897. The lowest BCUT2D eigenvalue weighted by molar-refractivity contribution is -0.435. The van der Waals surface area contributed by atoms with E-state index in [4.69, 9.17) is 48.3 Å². The van der Waals surface area contributed by atoms with Crippen LogP contribution in [0.4, 0.5) is 0 Å². The van der Waals surface area contributed by atoms with Crippen molar-refractivity contribution >= 4 is 0 Å². The second-order valence-electron chi connectivity index (χ2n) is 9.31. The molecule has 0 aromatic heterocycles. The van der Waals surface area contributed by atoms with E-state index in [1.807, 2.05) is 81.4 Å². The average molecular weight is 537 g/mol. The average Bonchev–Trinajstić information content (AvgIpc) is 2.92. The summed E-state index contributed by atoms with van der Waals surface area (Å²) in [6.45, 7) is 6.29. The van der Waals surface area contributed by atoms with Gasteiger partial charge < -0.3 is 18.9 Å². The van der Waals surface area contributed by atoms with Crippen molar-refractivity contribution in [2.45, 2.75) is 76.4 Å². The quantitative estimate of drug-likeness (QED) is 0.230. The Balaban J connectivity index is 1.91. The van der Waals surface area contributed by atoms with E-state index in [1.165, 1.54) is 21.3 Å². The predicted molar refractivity (Wildman–Crippen MR) is 136 cm³/mol. The SMILES string of the molecule is COOC[C@@H](OOC)[C@H](OOC)[C@@H]1OC(C)(C)O[C@H](C(C)OCc2ccccc2)[C@H]1OCc1ccccc1. The highest BCUT2D eigenvalue weighted by atomic mass is 17.2. The van der Waals surface area contributed by atoms with Crippen LogP contribution >= 0.6 is 0 Å². The Labute approximate surface area is 224 Å². The van der Waals surface area contributed by atoms with Crippen LogP contribution in [-0.2, 0) is 61.5 Å². The third-order valence-electron chi connectivity index (χ3n) is 6.06. The summed E-state index contributed by atoms with van der Waals surface area (Å²) < 4.78 is 25.6. The Kier molecular flexibility index (Phi) is 12.5. The van der Waals surface area contributed by atoms with E-state index in [2.05, 4.69) is 0 Å². The third kappa shape index (κ3) is 9.06. The van der Waals surface area contributed by atoms with Crippen LogP contribution in [0.25, 0.3) is 0 Å². The fourth-order valence-electron chi connectivity index (χ4n) is 4.35. The van der Waals surface area contributed by atoms with Gasteiger partial charge in [-0.05, 0) is 31.9 Å². The molecule has 0 bridgehead atoms. The summed E-state index contributed by atoms with van der Waals surface area (Å²) in [5, 5.41) is 0. The second-order valence-corrected chi connectivity index (χ2v) is 9.31. The number of hydrogen-bond donors (Lipinski definition) is 0. The van der Waals surface area contributed by atoms with Crippen LogP contribution in [0.1, 0.15) is 31.9 Å². The van der Waals surface area contributed by atoms with Crippen LogP contribution in [0.2, 0.25) is 0 Å². The summed E-state index contributed by atoms with van der Waals surface area (Å²) >= 11 is 0. The molecule has 1 aliphatic rings. The van der Waals surface area contributed by atoms with E-state index in [-0.39, 0.29) is 12.7 Å². The molecule has 2 aromatic rings. The molecule has 0 N–H and O–H groups in total. The Morgan fingerprint density at radius 2 is 1.34 bits per heavy atom. The van der Waals surface area contributed by atoms with Crippen molar-refractivity contribution in [2.24, 2.45) is 0 Å². The first-order valence-electron chi connectivity index (χ1n) is 12.6. The van der Waals surface area contributed by atoms with Gasteiger partial charge in [-0.25, -0.2) is 29.3 Å². The first-order valence-corrected chi connectivity index (χ1v) is 12.6. The van der Waals surface area contributed by atoms with Gasteiger partial charge in [-0.2, -0.15) is 0 Å². The van der Waals surface area contributed by atoms with Crippen molar-refractivity contribution in [3.63, 3.8) is 0 Å². The molecular weight excluding hydrogens is 496 g/mol. The van der Waals surface area contributed by atoms with Gasteiger partial charge in [-0.3, -0.25) is 0 Å². The lowest BCUT2D eigenvalue weighted by Crippen LogP contribution is -2.64. The summed E-state index contributed by atoms with van der Waals surface area (Å²) in [5.41, 5.74) is 2.04. The largest absolute Gasteiger partial charge is 0.371 e. The van der Waals surface area contributed by atoms with E-state index in [1.54, 1.807) is 0 Å². The molecule has 0 saturated carbocycles. The van der Waals surface area contributed by atoms with E-state index < -0.39 is 36.3 Å². The fraction of sp³-hybridized carbons (Fsp3) is 0.571. The molecule has 10 nitrogen and oxygen atoms in total. The lowest BCUT2D eigenvalue weighted by Gasteiger charge is -2.49. The maximum Gasteiger partial charge on any atom is 0.164 e. The van der Waals surface area contributed by atoms with Crippen molar-refractivity contribution in [3.8, 4) is 0 Å². The molecule has 212 valence electrons. The summed E-state index contributed by atoms with van der Waals surface area (Å²) in [4.78, 5) is 31.2. The van der Waals surface area contributed by atoms with Crippen molar-refractivity contribution in [1.82, 2.24) is 0 Å². The highest BCUT2D eigenvalue weighted by molar-refractivity contribution is 5.14. The molecule has 1 heterocycles. The Morgan fingerprint density at radius 1 is 0.763 bits per heavy atom. The minimum atomic E-state index is -1.01. The van der Waals surface area contributed by atoms with Crippen LogP contribution < -0.4 is 0 Å². The van der Waals surface area contributed by atoms with Crippen LogP contribution in [0.5, 0.6) is 0 Å². The second kappa shape index (κ2) is 15.6. The van der Waals surface area contributed by atoms with Crippen LogP contribution in [-0.4, -0.2) is 70.3 Å². The zero-order chi connectivity index (χ0) is 27.4. The molecule has 0 aliphatic carbocycles. The highest BCUT2D eigenvalue weighted by Gasteiger charge is 2.52. The molecule has 0 spiro atoms. The summed E-state index contributed by atoms with van der Waals surface area (Å²) in [6, 6.07) is 19.8. The fourth-order valence-corrected chi connectivity index (χ4v) is 4.35. The molecule has 1 unspecified atom stereocenters. The molecule has 0 amide bonds. The van der Waals surface area contributed by atoms with E-state index in [9.17, 15) is 0 Å². The van der Waals surface area contributed by atoms with Crippen molar-refractivity contribution in [1.29, 1.82) is 0 Å². The van der Waals surface area contributed by atoms with Crippen LogP contribution in [0, 0.1) is 0 Å². The highest BCUT2D eigenvalue weighted by Crippen LogP contribution is 2.36.